The zero-order valence-corrected chi connectivity index (χ0v) is 12.9. The first-order chi connectivity index (χ1) is 11.1. The quantitative estimate of drug-likeness (QED) is 0.452. The molecule has 7 nitrogen and oxygen atoms in total. The van der Waals surface area contributed by atoms with Crippen molar-refractivity contribution in [3.05, 3.63) is 23.3 Å². The van der Waals surface area contributed by atoms with Gasteiger partial charge in [0.25, 0.3) is 0 Å². The average Bonchev–Trinajstić information content (AvgIpc) is 3.20. The average molecular weight is 322 g/mol. The van der Waals surface area contributed by atoms with Crippen LogP contribution in [-0.2, 0) is 0 Å². The number of carbonyl (C=O) groups is 1. The largest absolute Gasteiger partial charge is 0.492 e. The molecule has 23 heavy (non-hydrogen) atoms. The number of aliphatic hydroxyl groups is 1. The van der Waals surface area contributed by atoms with E-state index in [4.69, 9.17) is 9.94 Å². The summed E-state index contributed by atoms with van der Waals surface area (Å²) in [7, 11) is 0. The van der Waals surface area contributed by atoms with Gasteiger partial charge in [0.1, 0.15) is 0 Å². The molecule has 4 N–H and O–H groups in total. The predicted molar refractivity (Wildman–Crippen MR) is 82.5 cm³/mol. The van der Waals surface area contributed by atoms with Gasteiger partial charge in [-0.05, 0) is 19.3 Å². The molecule has 0 fully saturated rings. The van der Waals surface area contributed by atoms with Crippen molar-refractivity contribution in [2.45, 2.75) is 43.9 Å². The van der Waals surface area contributed by atoms with Crippen LogP contribution in [0.4, 0.5) is 4.79 Å². The number of nitrogens with zero attached hydrogens (tertiary/aromatic N) is 1. The smallest absolute Gasteiger partial charge is 0.432 e. The van der Waals surface area contributed by atoms with Crippen molar-refractivity contribution < 1.29 is 25.0 Å². The molecule has 0 saturated heterocycles. The highest BCUT2D eigenvalue weighted by Crippen LogP contribution is 2.56. The summed E-state index contributed by atoms with van der Waals surface area (Å²) in [6.07, 6.45) is 7.50. The predicted octanol–water partition coefficient (Wildman–Crippen LogP) is 1.73. The van der Waals surface area contributed by atoms with E-state index in [9.17, 15) is 15.0 Å². The number of allylic oxidation sites excluding steroid dienone is 2. The zero-order chi connectivity index (χ0) is 16.4. The van der Waals surface area contributed by atoms with Gasteiger partial charge < -0.3 is 25.5 Å². The minimum atomic E-state index is -0.716. The highest BCUT2D eigenvalue weighted by molar-refractivity contribution is 5.68. The van der Waals surface area contributed by atoms with Gasteiger partial charge in [-0.25, -0.2) is 4.79 Å². The second-order valence-corrected chi connectivity index (χ2v) is 6.05. The van der Waals surface area contributed by atoms with Crippen LogP contribution in [0.2, 0.25) is 0 Å². The number of aliphatic hydroxyl groups excluding tert-OH is 1. The third kappa shape index (κ3) is 2.88. The molecule has 126 valence electrons. The van der Waals surface area contributed by atoms with Crippen LogP contribution in [0.5, 0.6) is 11.8 Å². The summed E-state index contributed by atoms with van der Waals surface area (Å²) in [4.78, 5) is 16.8. The van der Waals surface area contributed by atoms with E-state index in [2.05, 4.69) is 5.32 Å². The third-order valence-electron chi connectivity index (χ3n) is 4.51. The summed E-state index contributed by atoms with van der Waals surface area (Å²) in [5.41, 5.74) is 1.32. The molecule has 2 bridgehead atoms. The number of unbranched alkanes of at least 4 members (excludes halogenated alkanes) is 3. The van der Waals surface area contributed by atoms with Crippen molar-refractivity contribution in [3.63, 3.8) is 0 Å². The summed E-state index contributed by atoms with van der Waals surface area (Å²) in [6, 6.07) is 0. The summed E-state index contributed by atoms with van der Waals surface area (Å²) in [5.74, 6) is -0.236. The van der Waals surface area contributed by atoms with Crippen LogP contribution in [0.1, 0.15) is 55.1 Å². The zero-order valence-electron chi connectivity index (χ0n) is 12.9. The van der Waals surface area contributed by atoms with Crippen molar-refractivity contribution >= 4 is 6.09 Å². The van der Waals surface area contributed by atoms with Crippen LogP contribution in [0.15, 0.2) is 12.2 Å². The molecule has 0 saturated carbocycles. The van der Waals surface area contributed by atoms with Gasteiger partial charge in [0, 0.05) is 36.1 Å². The number of nitrogens with one attached hydrogen (secondary N) is 1. The van der Waals surface area contributed by atoms with E-state index >= 15 is 0 Å². The van der Waals surface area contributed by atoms with E-state index in [1.165, 1.54) is 0 Å². The van der Waals surface area contributed by atoms with Crippen molar-refractivity contribution in [2.75, 3.05) is 13.2 Å². The maximum atomic E-state index is 11.8. The Morgan fingerprint density at radius 2 is 1.74 bits per heavy atom. The SMILES string of the molecule is O=C(NCCCCCCO)On1c(O)c2c(c1O)C1C=CC2C1. The van der Waals surface area contributed by atoms with Crippen LogP contribution in [0, 0.1) is 0 Å². The Morgan fingerprint density at radius 3 is 2.35 bits per heavy atom. The molecule has 0 radical (unpaired) electrons. The Bertz CT molecular complexity index is 587. The van der Waals surface area contributed by atoms with E-state index in [-0.39, 0.29) is 30.2 Å². The third-order valence-corrected chi connectivity index (χ3v) is 4.51. The Hall–Kier alpha value is -2.15. The molecule has 2 atom stereocenters. The first kappa shape index (κ1) is 15.7. The van der Waals surface area contributed by atoms with E-state index in [0.29, 0.717) is 17.7 Å². The highest BCUT2D eigenvalue weighted by atomic mass is 16.7. The molecule has 1 amide bonds. The number of aromatic nitrogens is 1. The lowest BCUT2D eigenvalue weighted by molar-refractivity contribution is 0.107. The van der Waals surface area contributed by atoms with Crippen LogP contribution >= 0.6 is 0 Å². The van der Waals surface area contributed by atoms with Gasteiger partial charge in [0.2, 0.25) is 11.8 Å². The normalized spacial score (nSPS) is 20.7. The van der Waals surface area contributed by atoms with E-state index in [0.717, 1.165) is 36.8 Å². The fraction of sp³-hybridized carbons (Fsp3) is 0.562. The standard InChI is InChI=1S/C16H22N2O5/c19-8-4-2-1-3-7-17-16(22)23-18-14(20)12-10-5-6-11(9-10)13(12)15(18)21/h5-6,10-11,19-21H,1-4,7-9H2,(H,17,22). The Labute approximate surface area is 134 Å². The molecule has 0 aromatic carbocycles. The summed E-state index contributed by atoms with van der Waals surface area (Å²) >= 11 is 0. The number of carbonyl (C=O) groups excluding carboxylic acids is 1. The number of amides is 1. The minimum Gasteiger partial charge on any atom is -0.492 e. The fourth-order valence-corrected chi connectivity index (χ4v) is 3.40. The summed E-state index contributed by atoms with van der Waals surface area (Å²) in [5, 5.41) is 31.7. The van der Waals surface area contributed by atoms with Gasteiger partial charge in [-0.15, -0.1) is 4.73 Å². The molecule has 0 spiro atoms. The maximum absolute atomic E-state index is 11.8. The van der Waals surface area contributed by atoms with Crippen LogP contribution < -0.4 is 10.2 Å². The van der Waals surface area contributed by atoms with Crippen molar-refractivity contribution in [1.29, 1.82) is 0 Å². The molecule has 2 aliphatic rings. The number of rotatable bonds is 7. The lowest BCUT2D eigenvalue weighted by Crippen LogP contribution is -2.32. The lowest BCUT2D eigenvalue weighted by Gasteiger charge is -2.10. The number of hydrogen-bond acceptors (Lipinski definition) is 5. The van der Waals surface area contributed by atoms with E-state index < -0.39 is 6.09 Å². The first-order valence-corrected chi connectivity index (χ1v) is 8.05. The summed E-state index contributed by atoms with van der Waals surface area (Å²) in [6.45, 7) is 0.628. The number of aromatic hydroxyl groups is 2. The van der Waals surface area contributed by atoms with Gasteiger partial charge >= 0.3 is 6.09 Å². The summed E-state index contributed by atoms with van der Waals surface area (Å²) < 4.78 is 0.803. The monoisotopic (exact) mass is 322 g/mol. The van der Waals surface area contributed by atoms with Crippen molar-refractivity contribution in [2.24, 2.45) is 0 Å². The van der Waals surface area contributed by atoms with Crippen LogP contribution in [0.3, 0.4) is 0 Å². The minimum absolute atomic E-state index is 0.0836. The molecule has 0 aliphatic heterocycles. The first-order valence-electron chi connectivity index (χ1n) is 8.05. The van der Waals surface area contributed by atoms with Gasteiger partial charge in [-0.1, -0.05) is 25.0 Å². The lowest BCUT2D eigenvalue weighted by atomic mass is 10.0. The van der Waals surface area contributed by atoms with Gasteiger partial charge in [0.15, 0.2) is 0 Å². The molecular weight excluding hydrogens is 300 g/mol. The topological polar surface area (TPSA) is 104 Å². The van der Waals surface area contributed by atoms with Gasteiger partial charge in [-0.3, -0.25) is 0 Å². The molecule has 1 aromatic rings. The molecule has 2 unspecified atom stereocenters. The molecule has 1 aromatic heterocycles. The maximum Gasteiger partial charge on any atom is 0.432 e. The Kier molecular flexibility index (Phi) is 4.47. The molecule has 3 rings (SSSR count). The molecule has 2 aliphatic carbocycles. The van der Waals surface area contributed by atoms with E-state index in [1.54, 1.807) is 0 Å². The van der Waals surface area contributed by atoms with Gasteiger partial charge in [-0.2, -0.15) is 0 Å². The van der Waals surface area contributed by atoms with Crippen molar-refractivity contribution in [3.8, 4) is 11.8 Å². The number of hydrogen-bond donors (Lipinski definition) is 4. The fourth-order valence-electron chi connectivity index (χ4n) is 3.40. The Balaban J connectivity index is 1.54. The van der Waals surface area contributed by atoms with Gasteiger partial charge in [0.05, 0.1) is 0 Å². The number of fused-ring (bicyclic) bond motifs is 5. The molecular formula is C16H22N2O5. The van der Waals surface area contributed by atoms with Crippen molar-refractivity contribution in [1.82, 2.24) is 10.0 Å². The second-order valence-electron chi connectivity index (χ2n) is 6.05. The van der Waals surface area contributed by atoms with E-state index in [1.807, 2.05) is 12.2 Å². The highest BCUT2D eigenvalue weighted by Gasteiger charge is 2.42. The molecule has 7 heteroatoms. The second kappa shape index (κ2) is 6.54. The molecule has 1 heterocycles. The van der Waals surface area contributed by atoms with Crippen LogP contribution in [0.25, 0.3) is 0 Å². The Morgan fingerprint density at radius 1 is 1.13 bits per heavy atom. The van der Waals surface area contributed by atoms with Crippen LogP contribution in [-0.4, -0.2) is 39.3 Å².